The van der Waals surface area contributed by atoms with Crippen LogP contribution in [0.15, 0.2) is 0 Å². The van der Waals surface area contributed by atoms with E-state index in [4.69, 9.17) is 0 Å². The molecule has 2 nitrogen and oxygen atoms in total. The second-order valence-corrected chi connectivity index (χ2v) is 2.91. The number of nitrogens with zero attached hydrogens (tertiary/aromatic N) is 1. The molecule has 1 amide bonds. The molecule has 0 radical (unpaired) electrons. The lowest BCUT2D eigenvalue weighted by Crippen LogP contribution is -2.28. The minimum Gasteiger partial charge on any atom is -0.346 e. The van der Waals surface area contributed by atoms with Crippen molar-refractivity contribution in [3.8, 4) is 0 Å². The molecule has 10 heavy (non-hydrogen) atoms. The van der Waals surface area contributed by atoms with E-state index in [0.717, 1.165) is 13.0 Å². The molecule has 0 fully saturated rings. The van der Waals surface area contributed by atoms with Gasteiger partial charge in [0.05, 0.1) is 0 Å². The van der Waals surface area contributed by atoms with Crippen molar-refractivity contribution in [2.24, 2.45) is 5.92 Å². The summed E-state index contributed by atoms with van der Waals surface area (Å²) in [7, 11) is 1.84. The maximum absolute atomic E-state index is 10.7. The Morgan fingerprint density at radius 1 is 1.60 bits per heavy atom. The van der Waals surface area contributed by atoms with E-state index in [1.807, 2.05) is 7.05 Å². The fourth-order valence-electron chi connectivity index (χ4n) is 0.725. The second kappa shape index (κ2) is 4.31. The van der Waals surface area contributed by atoms with Gasteiger partial charge in [0.25, 0.3) is 0 Å². The zero-order valence-corrected chi connectivity index (χ0v) is 7.35. The standard InChI is InChI=1S/C8H17NO/c1-5-7(2)6-9(4)8(3)10/h7H,5-6H2,1-4H3. The lowest BCUT2D eigenvalue weighted by atomic mass is 10.1. The summed E-state index contributed by atoms with van der Waals surface area (Å²) in [5, 5.41) is 0. The van der Waals surface area contributed by atoms with Gasteiger partial charge in [0.15, 0.2) is 0 Å². The van der Waals surface area contributed by atoms with E-state index in [2.05, 4.69) is 13.8 Å². The molecule has 0 N–H and O–H groups in total. The Morgan fingerprint density at radius 2 is 2.10 bits per heavy atom. The van der Waals surface area contributed by atoms with Gasteiger partial charge in [-0.15, -0.1) is 0 Å². The first-order valence-electron chi connectivity index (χ1n) is 3.79. The normalized spacial score (nSPS) is 12.8. The molecule has 2 heteroatoms. The highest BCUT2D eigenvalue weighted by Crippen LogP contribution is 2.01. The van der Waals surface area contributed by atoms with Gasteiger partial charge in [-0.2, -0.15) is 0 Å². The third-order valence-electron chi connectivity index (χ3n) is 1.82. The fourth-order valence-corrected chi connectivity index (χ4v) is 0.725. The smallest absolute Gasteiger partial charge is 0.219 e. The van der Waals surface area contributed by atoms with Crippen LogP contribution >= 0.6 is 0 Å². The summed E-state index contributed by atoms with van der Waals surface area (Å²) in [5.41, 5.74) is 0. The summed E-state index contributed by atoms with van der Waals surface area (Å²) in [5.74, 6) is 0.772. The van der Waals surface area contributed by atoms with Crippen LogP contribution in [0, 0.1) is 5.92 Å². The highest BCUT2D eigenvalue weighted by atomic mass is 16.2. The summed E-state index contributed by atoms with van der Waals surface area (Å²) in [6.45, 7) is 6.77. The lowest BCUT2D eigenvalue weighted by Gasteiger charge is -2.18. The molecule has 0 aromatic carbocycles. The van der Waals surface area contributed by atoms with Crippen molar-refractivity contribution < 1.29 is 4.79 Å². The van der Waals surface area contributed by atoms with Crippen LogP contribution in [0.5, 0.6) is 0 Å². The van der Waals surface area contributed by atoms with Gasteiger partial charge in [0, 0.05) is 20.5 Å². The molecular weight excluding hydrogens is 126 g/mol. The highest BCUT2D eigenvalue weighted by molar-refractivity contribution is 5.72. The molecule has 0 aliphatic rings. The predicted octanol–water partition coefficient (Wildman–Crippen LogP) is 1.51. The van der Waals surface area contributed by atoms with Crippen molar-refractivity contribution >= 4 is 5.91 Å². The van der Waals surface area contributed by atoms with Crippen molar-refractivity contribution in [2.45, 2.75) is 27.2 Å². The van der Waals surface area contributed by atoms with Gasteiger partial charge < -0.3 is 4.90 Å². The van der Waals surface area contributed by atoms with E-state index in [1.54, 1.807) is 11.8 Å². The van der Waals surface area contributed by atoms with E-state index in [9.17, 15) is 4.79 Å². The average molecular weight is 143 g/mol. The summed E-state index contributed by atoms with van der Waals surface area (Å²) in [6.07, 6.45) is 1.14. The van der Waals surface area contributed by atoms with Gasteiger partial charge in [-0.3, -0.25) is 4.79 Å². The summed E-state index contributed by atoms with van der Waals surface area (Å²) in [4.78, 5) is 12.5. The quantitative estimate of drug-likeness (QED) is 0.586. The van der Waals surface area contributed by atoms with Crippen molar-refractivity contribution in [1.29, 1.82) is 0 Å². The monoisotopic (exact) mass is 143 g/mol. The summed E-state index contributed by atoms with van der Waals surface area (Å²) >= 11 is 0. The SMILES string of the molecule is CCC(C)CN(C)C(C)=O. The third kappa shape index (κ3) is 3.49. The first-order chi connectivity index (χ1) is 4.57. The molecule has 0 aliphatic carbocycles. The van der Waals surface area contributed by atoms with E-state index in [1.165, 1.54) is 0 Å². The van der Waals surface area contributed by atoms with Crippen LogP contribution in [-0.4, -0.2) is 24.4 Å². The van der Waals surface area contributed by atoms with Crippen molar-refractivity contribution in [2.75, 3.05) is 13.6 Å². The minimum absolute atomic E-state index is 0.153. The van der Waals surface area contributed by atoms with Crippen LogP contribution in [-0.2, 0) is 4.79 Å². The second-order valence-electron chi connectivity index (χ2n) is 2.91. The van der Waals surface area contributed by atoms with Gasteiger partial charge in [0.2, 0.25) is 5.91 Å². The van der Waals surface area contributed by atoms with Gasteiger partial charge in [-0.25, -0.2) is 0 Å². The van der Waals surface area contributed by atoms with Gasteiger partial charge in [0.1, 0.15) is 0 Å². The molecular formula is C8H17NO. The van der Waals surface area contributed by atoms with Gasteiger partial charge in [-0.1, -0.05) is 20.3 Å². The van der Waals surface area contributed by atoms with E-state index in [0.29, 0.717) is 5.92 Å². The molecule has 60 valence electrons. The van der Waals surface area contributed by atoms with Crippen molar-refractivity contribution in [3.05, 3.63) is 0 Å². The largest absolute Gasteiger partial charge is 0.346 e. The number of rotatable bonds is 3. The van der Waals surface area contributed by atoms with E-state index >= 15 is 0 Å². The topological polar surface area (TPSA) is 20.3 Å². The van der Waals surface area contributed by atoms with Crippen molar-refractivity contribution in [3.63, 3.8) is 0 Å². The van der Waals surface area contributed by atoms with Crippen molar-refractivity contribution in [1.82, 2.24) is 4.90 Å². The number of carbonyl (C=O) groups is 1. The summed E-state index contributed by atoms with van der Waals surface area (Å²) in [6, 6.07) is 0. The Balaban J connectivity index is 3.56. The Kier molecular flexibility index (Phi) is 4.08. The van der Waals surface area contributed by atoms with Crippen LogP contribution in [0.2, 0.25) is 0 Å². The molecule has 0 spiro atoms. The molecule has 0 heterocycles. The molecule has 0 aromatic heterocycles. The molecule has 0 aliphatic heterocycles. The Morgan fingerprint density at radius 3 is 2.40 bits per heavy atom. The predicted molar refractivity (Wildman–Crippen MR) is 42.8 cm³/mol. The van der Waals surface area contributed by atoms with Crippen LogP contribution in [0.3, 0.4) is 0 Å². The molecule has 0 aromatic rings. The highest BCUT2D eigenvalue weighted by Gasteiger charge is 2.05. The number of carbonyl (C=O) groups excluding carboxylic acids is 1. The maximum atomic E-state index is 10.7. The molecule has 1 unspecified atom stereocenters. The molecule has 0 bridgehead atoms. The van der Waals surface area contributed by atoms with Crippen LogP contribution in [0.4, 0.5) is 0 Å². The van der Waals surface area contributed by atoms with Gasteiger partial charge in [-0.05, 0) is 5.92 Å². The number of hydrogen-bond donors (Lipinski definition) is 0. The molecule has 0 rings (SSSR count). The fraction of sp³-hybridized carbons (Fsp3) is 0.875. The molecule has 1 atom stereocenters. The minimum atomic E-state index is 0.153. The zero-order valence-electron chi connectivity index (χ0n) is 7.35. The summed E-state index contributed by atoms with van der Waals surface area (Å²) < 4.78 is 0. The average Bonchev–Trinajstić information content (AvgIpc) is 1.87. The number of hydrogen-bond acceptors (Lipinski definition) is 1. The van der Waals surface area contributed by atoms with E-state index < -0.39 is 0 Å². The van der Waals surface area contributed by atoms with E-state index in [-0.39, 0.29) is 5.91 Å². The molecule has 0 saturated carbocycles. The Hall–Kier alpha value is -0.530. The van der Waals surface area contributed by atoms with Crippen LogP contribution in [0.1, 0.15) is 27.2 Å². The van der Waals surface area contributed by atoms with Crippen LogP contribution < -0.4 is 0 Å². The molecule has 0 saturated heterocycles. The Labute approximate surface area is 63.2 Å². The van der Waals surface area contributed by atoms with Crippen LogP contribution in [0.25, 0.3) is 0 Å². The van der Waals surface area contributed by atoms with Gasteiger partial charge >= 0.3 is 0 Å². The maximum Gasteiger partial charge on any atom is 0.219 e. The lowest BCUT2D eigenvalue weighted by molar-refractivity contribution is -0.128. The first-order valence-corrected chi connectivity index (χ1v) is 3.79. The third-order valence-corrected chi connectivity index (χ3v) is 1.82. The first kappa shape index (κ1) is 9.47. The number of amides is 1. The zero-order chi connectivity index (χ0) is 8.15. The Bertz CT molecular complexity index is 112.